The van der Waals surface area contributed by atoms with E-state index in [9.17, 15) is 14.7 Å². The number of aliphatic hydroxyl groups is 1. The van der Waals surface area contributed by atoms with Gasteiger partial charge in [0.05, 0.1) is 6.61 Å². The molecular formula is C19H23N3O6. The van der Waals surface area contributed by atoms with Crippen LogP contribution in [0.5, 0.6) is 0 Å². The molecule has 0 aliphatic carbocycles. The molecule has 1 aromatic carbocycles. The van der Waals surface area contributed by atoms with Crippen molar-refractivity contribution in [2.24, 2.45) is 0 Å². The summed E-state index contributed by atoms with van der Waals surface area (Å²) in [6.45, 7) is 3.40. The number of amides is 1. The Morgan fingerprint density at radius 3 is 2.68 bits per heavy atom. The second kappa shape index (κ2) is 8.19. The maximum absolute atomic E-state index is 12.5. The van der Waals surface area contributed by atoms with Crippen LogP contribution in [0.3, 0.4) is 0 Å². The Kier molecular flexibility index (Phi) is 5.90. The van der Waals surface area contributed by atoms with E-state index in [1.807, 2.05) is 0 Å². The van der Waals surface area contributed by atoms with Crippen molar-refractivity contribution in [3.63, 3.8) is 0 Å². The van der Waals surface area contributed by atoms with Crippen LogP contribution in [0.2, 0.25) is 0 Å². The molecule has 9 nitrogen and oxygen atoms in total. The topological polar surface area (TPSA) is 112 Å². The van der Waals surface area contributed by atoms with Gasteiger partial charge >= 0.3 is 5.69 Å². The summed E-state index contributed by atoms with van der Waals surface area (Å²) in [7, 11) is 1.46. The molecule has 0 unspecified atom stereocenters. The minimum Gasteiger partial charge on any atom is -0.388 e. The molecule has 1 aliphatic heterocycles. The van der Waals surface area contributed by atoms with Gasteiger partial charge in [0.25, 0.3) is 5.91 Å². The van der Waals surface area contributed by atoms with E-state index in [0.29, 0.717) is 5.56 Å². The lowest BCUT2D eigenvalue weighted by molar-refractivity contribution is -0.161. The molecule has 0 radical (unpaired) electrons. The van der Waals surface area contributed by atoms with Crippen LogP contribution in [0.4, 0.5) is 5.82 Å². The van der Waals surface area contributed by atoms with Gasteiger partial charge in [0.2, 0.25) is 0 Å². The second-order valence-electron chi connectivity index (χ2n) is 6.84. The van der Waals surface area contributed by atoms with Crippen molar-refractivity contribution in [1.82, 2.24) is 9.55 Å². The lowest BCUT2D eigenvalue weighted by Crippen LogP contribution is -2.40. The number of hydrogen-bond acceptors (Lipinski definition) is 7. The molecule has 9 heteroatoms. The summed E-state index contributed by atoms with van der Waals surface area (Å²) in [6.07, 6.45) is -1.27. The highest BCUT2D eigenvalue weighted by atomic mass is 16.8. The van der Waals surface area contributed by atoms with Crippen molar-refractivity contribution < 1.29 is 24.1 Å². The van der Waals surface area contributed by atoms with Crippen LogP contribution in [0.15, 0.2) is 47.4 Å². The fourth-order valence-corrected chi connectivity index (χ4v) is 2.97. The highest BCUT2D eigenvalue weighted by molar-refractivity contribution is 6.03. The van der Waals surface area contributed by atoms with E-state index in [1.54, 1.807) is 44.2 Å². The Bertz CT molecular complexity index is 883. The molecule has 1 aliphatic rings. The third-order valence-corrected chi connectivity index (χ3v) is 4.20. The van der Waals surface area contributed by atoms with E-state index in [0.717, 1.165) is 0 Å². The molecule has 3 rings (SSSR count). The van der Waals surface area contributed by atoms with E-state index in [-0.39, 0.29) is 18.3 Å². The lowest BCUT2D eigenvalue weighted by Gasteiger charge is -2.22. The number of benzene rings is 1. The largest absolute Gasteiger partial charge is 0.388 e. The molecule has 3 atom stereocenters. The van der Waals surface area contributed by atoms with E-state index in [1.165, 1.54) is 23.9 Å². The average Bonchev–Trinajstić information content (AvgIpc) is 2.98. The number of methoxy groups -OCH3 is 1. The minimum absolute atomic E-state index is 0.0218. The lowest BCUT2D eigenvalue weighted by atomic mass is 10.2. The average molecular weight is 389 g/mol. The first-order chi connectivity index (χ1) is 13.3. The number of aromatic nitrogens is 2. The van der Waals surface area contributed by atoms with E-state index >= 15 is 0 Å². The van der Waals surface area contributed by atoms with Crippen LogP contribution >= 0.6 is 0 Å². The summed E-state index contributed by atoms with van der Waals surface area (Å²) in [4.78, 5) is 28.6. The summed E-state index contributed by atoms with van der Waals surface area (Å²) < 4.78 is 17.7. The van der Waals surface area contributed by atoms with Gasteiger partial charge < -0.3 is 24.6 Å². The number of ether oxygens (including phenoxy) is 3. The minimum atomic E-state index is -0.999. The Hall–Kier alpha value is -2.59. The first-order valence-corrected chi connectivity index (χ1v) is 8.79. The van der Waals surface area contributed by atoms with Crippen LogP contribution in [-0.2, 0) is 14.2 Å². The fraction of sp³-hybridized carbons (Fsp3) is 0.421. The predicted molar refractivity (Wildman–Crippen MR) is 99.8 cm³/mol. The smallest absolute Gasteiger partial charge is 0.351 e. The van der Waals surface area contributed by atoms with Gasteiger partial charge in [0, 0.05) is 18.9 Å². The van der Waals surface area contributed by atoms with Gasteiger partial charge in [0.15, 0.2) is 12.0 Å². The quantitative estimate of drug-likeness (QED) is 0.762. The monoisotopic (exact) mass is 389 g/mol. The molecular weight excluding hydrogens is 366 g/mol. The highest BCUT2D eigenvalue weighted by Crippen LogP contribution is 2.35. The predicted octanol–water partition coefficient (Wildman–Crippen LogP) is 1.15. The van der Waals surface area contributed by atoms with Crippen LogP contribution in [0.25, 0.3) is 0 Å². The zero-order valence-electron chi connectivity index (χ0n) is 15.9. The number of aliphatic hydroxyl groups excluding tert-OH is 1. The van der Waals surface area contributed by atoms with Crippen molar-refractivity contribution in [3.05, 3.63) is 58.6 Å². The van der Waals surface area contributed by atoms with Gasteiger partial charge in [-0.25, -0.2) is 4.79 Å². The van der Waals surface area contributed by atoms with Crippen LogP contribution in [0.1, 0.15) is 30.4 Å². The Morgan fingerprint density at radius 1 is 1.32 bits per heavy atom. The number of hydrogen-bond donors (Lipinski definition) is 2. The van der Waals surface area contributed by atoms with Crippen molar-refractivity contribution >= 4 is 11.7 Å². The molecule has 0 bridgehead atoms. The fourth-order valence-electron chi connectivity index (χ4n) is 2.97. The van der Waals surface area contributed by atoms with Gasteiger partial charge in [0.1, 0.15) is 18.0 Å². The number of carbonyl (C=O) groups excluding carboxylic acids is 1. The Morgan fingerprint density at radius 2 is 2.04 bits per heavy atom. The molecule has 28 heavy (non-hydrogen) atoms. The van der Waals surface area contributed by atoms with Gasteiger partial charge in [-0.2, -0.15) is 4.98 Å². The van der Waals surface area contributed by atoms with Crippen molar-refractivity contribution in [2.45, 2.75) is 38.1 Å². The van der Waals surface area contributed by atoms with Crippen LogP contribution < -0.4 is 11.0 Å². The Labute approximate surface area is 161 Å². The zero-order chi connectivity index (χ0) is 20.3. The van der Waals surface area contributed by atoms with Gasteiger partial charge in [-0.3, -0.25) is 9.36 Å². The van der Waals surface area contributed by atoms with E-state index < -0.39 is 29.9 Å². The maximum atomic E-state index is 12.5. The number of carbonyl (C=O) groups is 1. The van der Waals surface area contributed by atoms with Crippen LogP contribution in [-0.4, -0.2) is 52.3 Å². The first kappa shape index (κ1) is 20.2. The molecule has 0 spiro atoms. The van der Waals surface area contributed by atoms with Gasteiger partial charge in [-0.15, -0.1) is 0 Å². The first-order valence-electron chi connectivity index (χ1n) is 8.79. The van der Waals surface area contributed by atoms with E-state index in [2.05, 4.69) is 10.3 Å². The SMILES string of the molecule is COC[C@@H](O)[C@H]1OC(C)(C)O[C@@H]1n1ccc(NC(=O)c2ccccc2)nc1=O. The molecule has 1 amide bonds. The molecule has 1 fully saturated rings. The van der Waals surface area contributed by atoms with Crippen molar-refractivity contribution in [1.29, 1.82) is 0 Å². The molecule has 150 valence electrons. The van der Waals surface area contributed by atoms with Gasteiger partial charge in [-0.1, -0.05) is 18.2 Å². The van der Waals surface area contributed by atoms with Crippen molar-refractivity contribution in [2.75, 3.05) is 19.0 Å². The second-order valence-corrected chi connectivity index (χ2v) is 6.84. The standard InChI is InChI=1S/C19H23N3O6/c1-19(2)27-15(13(23)11-26-3)17(28-19)22-10-9-14(21-18(22)25)20-16(24)12-7-5-4-6-8-12/h4-10,13,15,17,23H,11H2,1-3H3,(H,20,21,24,25)/t13-,15-,17+/m1/s1. The maximum Gasteiger partial charge on any atom is 0.351 e. The van der Waals surface area contributed by atoms with E-state index in [4.69, 9.17) is 14.2 Å². The summed E-state index contributed by atoms with van der Waals surface area (Å²) in [5, 5.41) is 12.9. The summed E-state index contributed by atoms with van der Waals surface area (Å²) in [5.74, 6) is -1.26. The number of nitrogens with one attached hydrogen (secondary N) is 1. The number of nitrogens with zero attached hydrogens (tertiary/aromatic N) is 2. The molecule has 2 N–H and O–H groups in total. The number of rotatable bonds is 6. The molecule has 1 saturated heterocycles. The summed E-state index contributed by atoms with van der Waals surface area (Å²) in [5.41, 5.74) is -0.197. The Balaban J connectivity index is 1.81. The molecule has 2 heterocycles. The highest BCUT2D eigenvalue weighted by Gasteiger charge is 2.46. The third-order valence-electron chi connectivity index (χ3n) is 4.20. The molecule has 2 aromatic rings. The summed E-state index contributed by atoms with van der Waals surface area (Å²) >= 11 is 0. The van der Waals surface area contributed by atoms with Crippen molar-refractivity contribution in [3.8, 4) is 0 Å². The molecule has 0 saturated carbocycles. The third kappa shape index (κ3) is 4.45. The zero-order valence-corrected chi connectivity index (χ0v) is 15.9. The normalized spacial score (nSPS) is 22.0. The number of anilines is 1. The summed E-state index contributed by atoms with van der Waals surface area (Å²) in [6, 6.07) is 10.1. The van der Waals surface area contributed by atoms with Crippen LogP contribution in [0, 0.1) is 0 Å². The van der Waals surface area contributed by atoms with Gasteiger partial charge in [-0.05, 0) is 32.0 Å². The molecule has 1 aromatic heterocycles.